The molecule has 2 aliphatic rings. The summed E-state index contributed by atoms with van der Waals surface area (Å²) in [5, 5.41) is 19.7. The Morgan fingerprint density at radius 3 is 2.58 bits per heavy atom. The van der Waals surface area contributed by atoms with Crippen LogP contribution in [0.5, 0.6) is 17.2 Å². The lowest BCUT2D eigenvalue weighted by atomic mass is 9.91. The van der Waals surface area contributed by atoms with Crippen LogP contribution in [-0.2, 0) is 5.60 Å². The van der Waals surface area contributed by atoms with Gasteiger partial charge in [0.1, 0.15) is 22.8 Å². The zero-order valence-corrected chi connectivity index (χ0v) is 10.7. The second-order valence-corrected chi connectivity index (χ2v) is 5.53. The van der Waals surface area contributed by atoms with Gasteiger partial charge in [-0.05, 0) is 42.7 Å². The normalized spacial score (nSPS) is 17.5. The quantitative estimate of drug-likeness (QED) is 0.768. The van der Waals surface area contributed by atoms with Crippen molar-refractivity contribution in [1.82, 2.24) is 0 Å². The summed E-state index contributed by atoms with van der Waals surface area (Å²) in [5.41, 5.74) is 2.50. The first-order valence-corrected chi connectivity index (χ1v) is 6.52. The first-order chi connectivity index (χ1) is 9.09. The second-order valence-electron chi connectivity index (χ2n) is 5.13. The Labute approximate surface area is 115 Å². The number of ether oxygens (including phenoxy) is 1. The van der Waals surface area contributed by atoms with E-state index in [2.05, 4.69) is 0 Å². The van der Waals surface area contributed by atoms with Crippen LogP contribution in [0.3, 0.4) is 0 Å². The zero-order valence-electron chi connectivity index (χ0n) is 9.98. The molecule has 0 aromatic heterocycles. The van der Waals surface area contributed by atoms with Crippen LogP contribution in [0.15, 0.2) is 30.3 Å². The number of aromatic hydroxyl groups is 2. The van der Waals surface area contributed by atoms with Crippen molar-refractivity contribution >= 4 is 11.6 Å². The van der Waals surface area contributed by atoms with Crippen LogP contribution in [0.2, 0.25) is 5.02 Å². The lowest BCUT2D eigenvalue weighted by Crippen LogP contribution is -2.21. The van der Waals surface area contributed by atoms with E-state index in [1.165, 1.54) is 0 Å². The maximum Gasteiger partial charge on any atom is 0.135 e. The lowest BCUT2D eigenvalue weighted by Gasteiger charge is -2.29. The molecule has 2 aromatic rings. The minimum Gasteiger partial charge on any atom is -0.508 e. The van der Waals surface area contributed by atoms with Gasteiger partial charge in [-0.2, -0.15) is 0 Å². The van der Waals surface area contributed by atoms with Gasteiger partial charge in [-0.3, -0.25) is 0 Å². The molecule has 1 aliphatic carbocycles. The topological polar surface area (TPSA) is 49.7 Å². The van der Waals surface area contributed by atoms with E-state index in [9.17, 15) is 10.2 Å². The van der Waals surface area contributed by atoms with Gasteiger partial charge in [0.25, 0.3) is 0 Å². The molecule has 4 rings (SSSR count). The largest absolute Gasteiger partial charge is 0.508 e. The summed E-state index contributed by atoms with van der Waals surface area (Å²) in [7, 11) is 0. The monoisotopic (exact) mass is 274 g/mol. The summed E-state index contributed by atoms with van der Waals surface area (Å²) in [4.78, 5) is 0. The third-order valence-corrected chi connectivity index (χ3v) is 4.15. The molecule has 1 fully saturated rings. The molecule has 4 heteroatoms. The number of phenolic OH excluding ortho intramolecular Hbond substituents is 2. The van der Waals surface area contributed by atoms with Crippen molar-refractivity contribution in [3.63, 3.8) is 0 Å². The lowest BCUT2D eigenvalue weighted by molar-refractivity contribution is 0.176. The molecule has 0 bridgehead atoms. The van der Waals surface area contributed by atoms with Gasteiger partial charge in [0.2, 0.25) is 0 Å². The van der Waals surface area contributed by atoms with E-state index in [4.69, 9.17) is 16.3 Å². The van der Waals surface area contributed by atoms with Gasteiger partial charge in [-0.1, -0.05) is 11.6 Å². The standard InChI is InChI=1S/C15H11ClO3/c16-12-6-10-9-2-1-8(17)5-14(9)19-15(3-4-15)11(10)7-13(12)18/h1-2,5-7,17-18H,3-4H2. The van der Waals surface area contributed by atoms with Crippen molar-refractivity contribution in [2.24, 2.45) is 0 Å². The van der Waals surface area contributed by atoms with Crippen molar-refractivity contribution in [3.05, 3.63) is 40.9 Å². The first kappa shape index (κ1) is 11.0. The Kier molecular flexibility index (Phi) is 1.95. The molecule has 0 atom stereocenters. The van der Waals surface area contributed by atoms with Crippen LogP contribution in [0.4, 0.5) is 0 Å². The minimum atomic E-state index is -0.349. The minimum absolute atomic E-state index is 0.0810. The highest BCUT2D eigenvalue weighted by Crippen LogP contribution is 2.58. The van der Waals surface area contributed by atoms with Gasteiger partial charge in [0.15, 0.2) is 0 Å². The van der Waals surface area contributed by atoms with Gasteiger partial charge < -0.3 is 14.9 Å². The first-order valence-electron chi connectivity index (χ1n) is 6.14. The molecular formula is C15H11ClO3. The maximum absolute atomic E-state index is 9.80. The number of halogens is 1. The molecule has 1 aliphatic heterocycles. The van der Waals surface area contributed by atoms with Crippen LogP contribution in [0, 0.1) is 0 Å². The van der Waals surface area contributed by atoms with Crippen molar-refractivity contribution in [2.75, 3.05) is 0 Å². The predicted octanol–water partition coefficient (Wildman–Crippen LogP) is 3.80. The van der Waals surface area contributed by atoms with Gasteiger partial charge in [0, 0.05) is 17.2 Å². The van der Waals surface area contributed by atoms with E-state index in [1.54, 1.807) is 24.3 Å². The van der Waals surface area contributed by atoms with E-state index in [1.807, 2.05) is 6.07 Å². The Bertz CT molecular complexity index is 705. The Balaban J connectivity index is 2.04. The van der Waals surface area contributed by atoms with Crippen molar-refractivity contribution in [2.45, 2.75) is 18.4 Å². The van der Waals surface area contributed by atoms with Crippen molar-refractivity contribution in [3.8, 4) is 28.4 Å². The SMILES string of the molecule is Oc1ccc2c(c1)OC1(CC1)c1cc(O)c(Cl)cc1-2. The van der Waals surface area contributed by atoms with Crippen LogP contribution in [-0.4, -0.2) is 10.2 Å². The summed E-state index contributed by atoms with van der Waals surface area (Å²) < 4.78 is 6.02. The molecule has 1 spiro atoms. The van der Waals surface area contributed by atoms with Crippen LogP contribution in [0.1, 0.15) is 18.4 Å². The highest BCUT2D eigenvalue weighted by molar-refractivity contribution is 6.32. The molecule has 2 aromatic carbocycles. The molecule has 0 amide bonds. The highest BCUT2D eigenvalue weighted by Gasteiger charge is 2.51. The van der Waals surface area contributed by atoms with Crippen molar-refractivity contribution < 1.29 is 14.9 Å². The fourth-order valence-electron chi connectivity index (χ4n) is 2.73. The number of rotatable bonds is 0. The van der Waals surface area contributed by atoms with Crippen LogP contribution in [0.25, 0.3) is 11.1 Å². The van der Waals surface area contributed by atoms with E-state index in [0.29, 0.717) is 10.8 Å². The van der Waals surface area contributed by atoms with Gasteiger partial charge in [-0.15, -0.1) is 0 Å². The number of fused-ring (bicyclic) bond motifs is 4. The number of hydrogen-bond acceptors (Lipinski definition) is 3. The fraction of sp³-hybridized carbons (Fsp3) is 0.200. The molecule has 19 heavy (non-hydrogen) atoms. The van der Waals surface area contributed by atoms with E-state index in [0.717, 1.165) is 29.5 Å². The van der Waals surface area contributed by atoms with Gasteiger partial charge in [0.05, 0.1) is 5.02 Å². The Morgan fingerprint density at radius 1 is 1.05 bits per heavy atom. The summed E-state index contributed by atoms with van der Waals surface area (Å²) in [6.07, 6.45) is 1.83. The molecule has 96 valence electrons. The molecule has 0 radical (unpaired) electrons. The summed E-state index contributed by atoms with van der Waals surface area (Å²) in [6.45, 7) is 0. The van der Waals surface area contributed by atoms with Crippen molar-refractivity contribution in [1.29, 1.82) is 0 Å². The molecule has 0 unspecified atom stereocenters. The number of hydrogen-bond donors (Lipinski definition) is 2. The number of benzene rings is 2. The average molecular weight is 275 g/mol. The smallest absolute Gasteiger partial charge is 0.135 e. The highest BCUT2D eigenvalue weighted by atomic mass is 35.5. The van der Waals surface area contributed by atoms with E-state index in [-0.39, 0.29) is 17.1 Å². The summed E-state index contributed by atoms with van der Waals surface area (Å²) >= 11 is 6.02. The summed E-state index contributed by atoms with van der Waals surface area (Å²) in [5.74, 6) is 0.937. The number of phenols is 2. The predicted molar refractivity (Wildman–Crippen MR) is 71.8 cm³/mol. The third-order valence-electron chi connectivity index (χ3n) is 3.84. The molecular weight excluding hydrogens is 264 g/mol. The molecule has 1 saturated carbocycles. The molecule has 1 heterocycles. The fourth-order valence-corrected chi connectivity index (χ4v) is 2.89. The molecule has 0 saturated heterocycles. The zero-order chi connectivity index (χ0) is 13.2. The molecule has 2 N–H and O–H groups in total. The van der Waals surface area contributed by atoms with E-state index >= 15 is 0 Å². The van der Waals surface area contributed by atoms with E-state index < -0.39 is 0 Å². The van der Waals surface area contributed by atoms with Gasteiger partial charge in [-0.25, -0.2) is 0 Å². The maximum atomic E-state index is 9.80. The third kappa shape index (κ3) is 1.45. The summed E-state index contributed by atoms with van der Waals surface area (Å²) in [6, 6.07) is 8.52. The average Bonchev–Trinajstić information content (AvgIpc) is 3.12. The Morgan fingerprint density at radius 2 is 1.84 bits per heavy atom. The van der Waals surface area contributed by atoms with Crippen LogP contribution >= 0.6 is 11.6 Å². The molecule has 3 nitrogen and oxygen atoms in total. The second kappa shape index (κ2) is 3.36. The van der Waals surface area contributed by atoms with Gasteiger partial charge >= 0.3 is 0 Å². The Hall–Kier alpha value is -1.87. The van der Waals surface area contributed by atoms with Crippen LogP contribution < -0.4 is 4.74 Å².